The molecule has 0 aliphatic carbocycles. The Balaban J connectivity index is 1.86. The SMILES string of the molecule is CCCOc1ccc(C(=O)O)cc1-c1cc(-c2ccc(F)cc2)n(Cc2ccccc2OC)n1. The molecule has 0 fully saturated rings. The van der Waals surface area contributed by atoms with Crippen molar-refractivity contribution in [3.63, 3.8) is 0 Å². The van der Waals surface area contributed by atoms with E-state index in [1.165, 1.54) is 18.2 Å². The third-order valence-electron chi connectivity index (χ3n) is 5.40. The molecule has 0 saturated heterocycles. The lowest BCUT2D eigenvalue weighted by atomic mass is 10.0. The molecule has 0 bridgehead atoms. The molecule has 1 heterocycles. The van der Waals surface area contributed by atoms with E-state index in [-0.39, 0.29) is 11.4 Å². The summed E-state index contributed by atoms with van der Waals surface area (Å²) in [5.74, 6) is -0.0800. The molecule has 0 amide bonds. The molecule has 0 spiro atoms. The van der Waals surface area contributed by atoms with E-state index in [4.69, 9.17) is 14.6 Å². The van der Waals surface area contributed by atoms with E-state index in [0.29, 0.717) is 30.2 Å². The topological polar surface area (TPSA) is 73.6 Å². The van der Waals surface area contributed by atoms with E-state index in [1.54, 1.807) is 36.1 Å². The fraction of sp³-hybridized carbons (Fsp3) is 0.185. The van der Waals surface area contributed by atoms with Gasteiger partial charge < -0.3 is 14.6 Å². The van der Waals surface area contributed by atoms with Gasteiger partial charge in [0.15, 0.2) is 0 Å². The monoisotopic (exact) mass is 460 g/mol. The lowest BCUT2D eigenvalue weighted by molar-refractivity contribution is 0.0697. The third-order valence-corrected chi connectivity index (χ3v) is 5.40. The minimum Gasteiger partial charge on any atom is -0.496 e. The summed E-state index contributed by atoms with van der Waals surface area (Å²) in [5, 5.41) is 14.3. The summed E-state index contributed by atoms with van der Waals surface area (Å²) in [5.41, 5.74) is 3.73. The van der Waals surface area contributed by atoms with Crippen LogP contribution in [-0.2, 0) is 6.54 Å². The summed E-state index contributed by atoms with van der Waals surface area (Å²) in [6, 6.07) is 20.4. The van der Waals surface area contributed by atoms with Gasteiger partial charge in [0, 0.05) is 16.7 Å². The maximum atomic E-state index is 13.6. The fourth-order valence-corrected chi connectivity index (χ4v) is 3.72. The number of methoxy groups -OCH3 is 1. The number of aromatic nitrogens is 2. The van der Waals surface area contributed by atoms with Crippen molar-refractivity contribution in [2.24, 2.45) is 0 Å². The molecule has 1 aromatic heterocycles. The molecular formula is C27H25FN2O4. The first-order chi connectivity index (χ1) is 16.5. The van der Waals surface area contributed by atoms with Crippen LogP contribution in [0.15, 0.2) is 72.8 Å². The molecule has 0 atom stereocenters. The summed E-state index contributed by atoms with van der Waals surface area (Å²) < 4.78 is 26.8. The van der Waals surface area contributed by atoms with Gasteiger partial charge in [-0.05, 0) is 61.0 Å². The predicted molar refractivity (Wildman–Crippen MR) is 128 cm³/mol. The first kappa shape index (κ1) is 23.0. The fourth-order valence-electron chi connectivity index (χ4n) is 3.72. The van der Waals surface area contributed by atoms with Crippen molar-refractivity contribution in [2.45, 2.75) is 19.9 Å². The Morgan fingerprint density at radius 1 is 1.03 bits per heavy atom. The van der Waals surface area contributed by atoms with Crippen molar-refractivity contribution in [3.8, 4) is 34.0 Å². The van der Waals surface area contributed by atoms with E-state index in [2.05, 4.69) is 0 Å². The molecule has 0 saturated carbocycles. The summed E-state index contributed by atoms with van der Waals surface area (Å²) in [7, 11) is 1.61. The number of para-hydroxylation sites is 1. The summed E-state index contributed by atoms with van der Waals surface area (Å²) in [4.78, 5) is 11.6. The molecule has 4 aromatic rings. The Kier molecular flexibility index (Phi) is 6.92. The van der Waals surface area contributed by atoms with Crippen LogP contribution in [-0.4, -0.2) is 34.6 Å². The highest BCUT2D eigenvalue weighted by Gasteiger charge is 2.18. The molecule has 0 aliphatic rings. The second kappa shape index (κ2) is 10.2. The Bertz CT molecular complexity index is 1300. The summed E-state index contributed by atoms with van der Waals surface area (Å²) in [6.45, 7) is 2.90. The number of hydrogen-bond acceptors (Lipinski definition) is 4. The summed E-state index contributed by atoms with van der Waals surface area (Å²) >= 11 is 0. The number of benzene rings is 3. The molecule has 0 radical (unpaired) electrons. The summed E-state index contributed by atoms with van der Waals surface area (Å²) in [6.07, 6.45) is 0.809. The average Bonchev–Trinajstić information content (AvgIpc) is 3.27. The van der Waals surface area contributed by atoms with Gasteiger partial charge in [-0.25, -0.2) is 9.18 Å². The second-order valence-corrected chi connectivity index (χ2v) is 7.76. The van der Waals surface area contributed by atoms with Crippen LogP contribution in [0.25, 0.3) is 22.5 Å². The molecule has 1 N–H and O–H groups in total. The number of carbonyl (C=O) groups is 1. The highest BCUT2D eigenvalue weighted by Crippen LogP contribution is 2.34. The van der Waals surface area contributed by atoms with Crippen LogP contribution < -0.4 is 9.47 Å². The van der Waals surface area contributed by atoms with Crippen LogP contribution in [0.4, 0.5) is 4.39 Å². The van der Waals surface area contributed by atoms with Gasteiger partial charge in [-0.1, -0.05) is 25.1 Å². The number of ether oxygens (including phenoxy) is 2. The first-order valence-corrected chi connectivity index (χ1v) is 11.0. The number of aromatic carboxylic acids is 1. The number of halogens is 1. The van der Waals surface area contributed by atoms with Gasteiger partial charge in [0.05, 0.1) is 37.2 Å². The molecule has 3 aromatic carbocycles. The predicted octanol–water partition coefficient (Wildman–Crippen LogP) is 5.90. The average molecular weight is 461 g/mol. The number of carboxylic acid groups (broad SMARTS) is 1. The smallest absolute Gasteiger partial charge is 0.335 e. The van der Waals surface area contributed by atoms with Crippen molar-refractivity contribution in [3.05, 3.63) is 89.7 Å². The number of nitrogens with zero attached hydrogens (tertiary/aromatic N) is 2. The molecule has 0 unspecified atom stereocenters. The maximum Gasteiger partial charge on any atom is 0.335 e. The highest BCUT2D eigenvalue weighted by molar-refractivity contribution is 5.90. The number of hydrogen-bond donors (Lipinski definition) is 1. The highest BCUT2D eigenvalue weighted by atomic mass is 19.1. The molecule has 34 heavy (non-hydrogen) atoms. The standard InChI is InChI=1S/C27H25FN2O4/c1-3-14-34-26-13-10-19(27(31)32)15-22(26)23-16-24(18-8-11-21(28)12-9-18)30(29-23)17-20-6-4-5-7-25(20)33-2/h4-13,15-16H,3,14,17H2,1-2H3,(H,31,32). The van der Waals surface area contributed by atoms with Gasteiger partial charge in [0.1, 0.15) is 17.3 Å². The van der Waals surface area contributed by atoms with Gasteiger partial charge in [0.25, 0.3) is 0 Å². The number of rotatable bonds is 9. The quantitative estimate of drug-likeness (QED) is 0.337. The van der Waals surface area contributed by atoms with Crippen LogP contribution in [0, 0.1) is 5.82 Å². The largest absolute Gasteiger partial charge is 0.496 e. The van der Waals surface area contributed by atoms with E-state index < -0.39 is 5.97 Å². The van der Waals surface area contributed by atoms with Gasteiger partial charge in [-0.3, -0.25) is 4.68 Å². The van der Waals surface area contributed by atoms with Crippen LogP contribution in [0.3, 0.4) is 0 Å². The molecule has 6 nitrogen and oxygen atoms in total. The van der Waals surface area contributed by atoms with Gasteiger partial charge in [0.2, 0.25) is 0 Å². The van der Waals surface area contributed by atoms with Crippen LogP contribution in [0.1, 0.15) is 29.3 Å². The van der Waals surface area contributed by atoms with Crippen molar-refractivity contribution in [1.82, 2.24) is 9.78 Å². The van der Waals surface area contributed by atoms with E-state index in [0.717, 1.165) is 29.0 Å². The maximum absolute atomic E-state index is 13.6. The van der Waals surface area contributed by atoms with Crippen LogP contribution in [0.2, 0.25) is 0 Å². The van der Waals surface area contributed by atoms with Crippen molar-refractivity contribution < 1.29 is 23.8 Å². The van der Waals surface area contributed by atoms with Crippen molar-refractivity contribution in [1.29, 1.82) is 0 Å². The second-order valence-electron chi connectivity index (χ2n) is 7.76. The molecule has 4 rings (SSSR count). The number of carboxylic acids is 1. The van der Waals surface area contributed by atoms with Crippen molar-refractivity contribution in [2.75, 3.05) is 13.7 Å². The first-order valence-electron chi connectivity index (χ1n) is 11.0. The zero-order valence-electron chi connectivity index (χ0n) is 19.0. The minimum atomic E-state index is -1.03. The molecular weight excluding hydrogens is 435 g/mol. The van der Waals surface area contributed by atoms with Crippen molar-refractivity contribution >= 4 is 5.97 Å². The van der Waals surface area contributed by atoms with Gasteiger partial charge in [-0.15, -0.1) is 0 Å². The normalized spacial score (nSPS) is 10.8. The van der Waals surface area contributed by atoms with Crippen LogP contribution in [0.5, 0.6) is 11.5 Å². The Hall–Kier alpha value is -4.13. The van der Waals surface area contributed by atoms with E-state index >= 15 is 0 Å². The Morgan fingerprint density at radius 2 is 1.79 bits per heavy atom. The van der Waals surface area contributed by atoms with E-state index in [9.17, 15) is 14.3 Å². The molecule has 174 valence electrons. The van der Waals surface area contributed by atoms with Gasteiger partial charge >= 0.3 is 5.97 Å². The minimum absolute atomic E-state index is 0.140. The molecule has 7 heteroatoms. The third kappa shape index (κ3) is 4.93. The van der Waals surface area contributed by atoms with Gasteiger partial charge in [-0.2, -0.15) is 5.10 Å². The lowest BCUT2D eigenvalue weighted by Crippen LogP contribution is -2.06. The van der Waals surface area contributed by atoms with Crippen LogP contribution >= 0.6 is 0 Å². The zero-order chi connectivity index (χ0) is 24.1. The zero-order valence-corrected chi connectivity index (χ0v) is 19.0. The lowest BCUT2D eigenvalue weighted by Gasteiger charge is -2.11. The van der Waals surface area contributed by atoms with E-state index in [1.807, 2.05) is 37.3 Å². The Labute approximate surface area is 197 Å². The Morgan fingerprint density at radius 3 is 2.50 bits per heavy atom. The molecule has 0 aliphatic heterocycles.